The maximum atomic E-state index is 15.1. The predicted octanol–water partition coefficient (Wildman–Crippen LogP) is 2.77. The summed E-state index contributed by atoms with van der Waals surface area (Å²) in [5.74, 6) is 1.20. The summed E-state index contributed by atoms with van der Waals surface area (Å²) in [6.07, 6.45) is 5.95. The molecule has 10 heteroatoms. The van der Waals surface area contributed by atoms with Crippen LogP contribution in [-0.4, -0.2) is 68.9 Å². The third-order valence-electron chi connectivity index (χ3n) is 6.62. The molecule has 3 aromatic rings. The zero-order chi connectivity index (χ0) is 22.9. The Balaban J connectivity index is 1.35. The third-order valence-corrected chi connectivity index (χ3v) is 6.62. The predicted molar refractivity (Wildman–Crippen MR) is 121 cm³/mol. The largest absolute Gasteiger partial charge is 0.507 e. The topological polar surface area (TPSA) is 109 Å². The van der Waals surface area contributed by atoms with Gasteiger partial charge in [0.05, 0.1) is 31.1 Å². The Morgan fingerprint density at radius 3 is 2.76 bits per heavy atom. The number of fused-ring (bicyclic) bond motifs is 2. The van der Waals surface area contributed by atoms with E-state index in [9.17, 15) is 5.11 Å². The van der Waals surface area contributed by atoms with E-state index in [4.69, 9.17) is 4.74 Å². The highest BCUT2D eigenvalue weighted by molar-refractivity contribution is 5.72. The van der Waals surface area contributed by atoms with Gasteiger partial charge in [-0.2, -0.15) is 5.10 Å². The maximum Gasteiger partial charge on any atom is 0.233 e. The minimum absolute atomic E-state index is 0.0150. The van der Waals surface area contributed by atoms with Gasteiger partial charge >= 0.3 is 0 Å². The Morgan fingerprint density at radius 1 is 1.12 bits per heavy atom. The number of halogens is 1. The van der Waals surface area contributed by atoms with Gasteiger partial charge in [-0.05, 0) is 37.0 Å². The number of methoxy groups -OCH3 is 1. The lowest BCUT2D eigenvalue weighted by Crippen LogP contribution is -2.61. The second-order valence-corrected chi connectivity index (χ2v) is 8.62. The lowest BCUT2D eigenvalue weighted by Gasteiger charge is -2.45. The van der Waals surface area contributed by atoms with Gasteiger partial charge in [0.25, 0.3) is 0 Å². The van der Waals surface area contributed by atoms with Gasteiger partial charge in [-0.15, -0.1) is 15.3 Å². The van der Waals surface area contributed by atoms with Gasteiger partial charge in [-0.1, -0.05) is 12.5 Å². The smallest absolute Gasteiger partial charge is 0.233 e. The number of aromatic nitrogens is 5. The number of piperidine rings is 2. The fourth-order valence-electron chi connectivity index (χ4n) is 4.78. The number of hydrogen-bond acceptors (Lipinski definition) is 9. The minimum atomic E-state index is -0.967. The molecule has 2 aromatic heterocycles. The van der Waals surface area contributed by atoms with E-state index in [1.54, 1.807) is 30.6 Å². The van der Waals surface area contributed by atoms with Crippen LogP contribution in [-0.2, 0) is 0 Å². The number of anilines is 1. The number of aromatic hydroxyl groups is 1. The van der Waals surface area contributed by atoms with Crippen LogP contribution >= 0.6 is 0 Å². The lowest BCUT2D eigenvalue weighted by molar-refractivity contribution is 0.107. The summed E-state index contributed by atoms with van der Waals surface area (Å²) in [6.45, 7) is 0. The molecule has 2 bridgehead atoms. The first-order valence-electron chi connectivity index (χ1n) is 11.1. The van der Waals surface area contributed by atoms with Crippen molar-refractivity contribution in [3.8, 4) is 34.1 Å². The first-order valence-corrected chi connectivity index (χ1v) is 11.1. The maximum absolute atomic E-state index is 15.1. The van der Waals surface area contributed by atoms with Crippen molar-refractivity contribution in [3.05, 3.63) is 36.7 Å². The SMILES string of the molecule is COc1cc(-c2ccc(-c3ncc(N(C)[C@@H]4C[C@H]5CCC[C@@H](N5)[C@@H]4F)nn3)c(O)c2)cnn1. The van der Waals surface area contributed by atoms with E-state index < -0.39 is 6.17 Å². The molecular weight excluding hydrogens is 425 g/mol. The van der Waals surface area contributed by atoms with Gasteiger partial charge in [-0.25, -0.2) is 9.37 Å². The first kappa shape index (κ1) is 21.4. The molecule has 33 heavy (non-hydrogen) atoms. The molecule has 172 valence electrons. The molecule has 4 heterocycles. The third kappa shape index (κ3) is 4.18. The average Bonchev–Trinajstić information content (AvgIpc) is 2.86. The molecule has 0 aliphatic carbocycles. The summed E-state index contributed by atoms with van der Waals surface area (Å²) in [5, 5.41) is 30.3. The van der Waals surface area contributed by atoms with Crippen molar-refractivity contribution in [1.29, 1.82) is 0 Å². The Hall–Kier alpha value is -3.40. The number of hydrogen-bond donors (Lipinski definition) is 2. The van der Waals surface area contributed by atoms with Crippen molar-refractivity contribution in [2.24, 2.45) is 0 Å². The normalized spacial score (nSPS) is 24.3. The number of phenols is 1. The zero-order valence-corrected chi connectivity index (χ0v) is 18.5. The average molecular weight is 452 g/mol. The van der Waals surface area contributed by atoms with Crippen molar-refractivity contribution in [3.63, 3.8) is 0 Å². The molecule has 0 amide bonds. The van der Waals surface area contributed by atoms with Crippen LogP contribution in [0.3, 0.4) is 0 Å². The number of ether oxygens (including phenoxy) is 1. The number of nitrogens with one attached hydrogen (secondary N) is 1. The summed E-state index contributed by atoms with van der Waals surface area (Å²) in [5.41, 5.74) is 1.96. The fourth-order valence-corrected chi connectivity index (χ4v) is 4.78. The van der Waals surface area contributed by atoms with Gasteiger partial charge in [0, 0.05) is 30.8 Å². The van der Waals surface area contributed by atoms with Gasteiger partial charge in [0.2, 0.25) is 5.88 Å². The number of phenolic OH excluding ortho intramolecular Hbond substituents is 1. The second kappa shape index (κ2) is 8.86. The van der Waals surface area contributed by atoms with Crippen LogP contribution in [0.25, 0.3) is 22.5 Å². The molecule has 4 atom stereocenters. The molecule has 0 radical (unpaired) electrons. The van der Waals surface area contributed by atoms with Gasteiger partial charge in [0.1, 0.15) is 11.9 Å². The first-order chi connectivity index (χ1) is 16.0. The summed E-state index contributed by atoms with van der Waals surface area (Å²) in [4.78, 5) is 6.24. The Kier molecular flexibility index (Phi) is 5.76. The van der Waals surface area contributed by atoms with Crippen molar-refractivity contribution >= 4 is 5.82 Å². The van der Waals surface area contributed by atoms with E-state index in [-0.39, 0.29) is 17.8 Å². The van der Waals surface area contributed by atoms with Gasteiger partial charge in [0.15, 0.2) is 11.6 Å². The lowest BCUT2D eigenvalue weighted by atomic mass is 9.82. The minimum Gasteiger partial charge on any atom is -0.507 e. The van der Waals surface area contributed by atoms with Crippen molar-refractivity contribution < 1.29 is 14.2 Å². The van der Waals surface area contributed by atoms with Crippen molar-refractivity contribution in [2.75, 3.05) is 19.1 Å². The summed E-state index contributed by atoms with van der Waals surface area (Å²) >= 11 is 0. The van der Waals surface area contributed by atoms with E-state index in [0.717, 1.165) is 36.8 Å². The second-order valence-electron chi connectivity index (χ2n) is 8.62. The Morgan fingerprint density at radius 2 is 2.00 bits per heavy atom. The number of rotatable bonds is 5. The molecule has 2 saturated heterocycles. The molecule has 1 aromatic carbocycles. The molecule has 0 saturated carbocycles. The van der Waals surface area contributed by atoms with Crippen LogP contribution in [0.5, 0.6) is 11.6 Å². The molecule has 2 aliphatic heterocycles. The highest BCUT2D eigenvalue weighted by atomic mass is 19.1. The van der Waals surface area contributed by atoms with E-state index in [2.05, 4.69) is 30.7 Å². The van der Waals surface area contributed by atoms with Gasteiger partial charge < -0.3 is 20.1 Å². The molecular formula is C23H26FN7O2. The van der Waals surface area contributed by atoms with Crippen molar-refractivity contribution in [1.82, 2.24) is 30.7 Å². The summed E-state index contributed by atoms with van der Waals surface area (Å²) in [7, 11) is 3.36. The molecule has 0 spiro atoms. The van der Waals surface area contributed by atoms with Crippen LogP contribution < -0.4 is 15.0 Å². The number of benzene rings is 1. The Labute approximate surface area is 191 Å². The molecule has 9 nitrogen and oxygen atoms in total. The quantitative estimate of drug-likeness (QED) is 0.605. The number of alkyl halides is 1. The van der Waals surface area contributed by atoms with E-state index >= 15 is 4.39 Å². The van der Waals surface area contributed by atoms with Gasteiger partial charge in [-0.3, -0.25) is 0 Å². The van der Waals surface area contributed by atoms with E-state index in [1.165, 1.54) is 7.11 Å². The molecule has 2 fully saturated rings. The van der Waals surface area contributed by atoms with Crippen LogP contribution in [0, 0.1) is 0 Å². The summed E-state index contributed by atoms with van der Waals surface area (Å²) in [6, 6.07) is 6.88. The van der Waals surface area contributed by atoms with Crippen LogP contribution in [0.2, 0.25) is 0 Å². The standard InChI is InChI=1S/C23H26FN7O2/c1-31(18-10-15-4-3-5-17(27-15)22(18)24)20-12-25-23(30-28-20)16-7-6-13(8-19(16)32)14-9-21(33-2)29-26-11-14/h6-9,11-12,15,17-18,22,27,32H,3-5,10H2,1-2H3/t15-,17-,18-,22+/m1/s1. The van der Waals surface area contributed by atoms with Crippen LogP contribution in [0.4, 0.5) is 10.2 Å². The molecule has 2 aliphatic rings. The molecule has 2 N–H and O–H groups in total. The zero-order valence-electron chi connectivity index (χ0n) is 18.5. The fraction of sp³-hybridized carbons (Fsp3) is 0.435. The molecule has 0 unspecified atom stereocenters. The molecule has 5 rings (SSSR count). The number of nitrogens with zero attached hydrogens (tertiary/aromatic N) is 6. The highest BCUT2D eigenvalue weighted by Gasteiger charge is 2.42. The highest BCUT2D eigenvalue weighted by Crippen LogP contribution is 2.34. The monoisotopic (exact) mass is 451 g/mol. The van der Waals surface area contributed by atoms with Crippen molar-refractivity contribution in [2.45, 2.75) is 50.0 Å². The van der Waals surface area contributed by atoms with E-state index in [1.807, 2.05) is 18.0 Å². The van der Waals surface area contributed by atoms with E-state index in [0.29, 0.717) is 29.1 Å². The van der Waals surface area contributed by atoms with Crippen LogP contribution in [0.1, 0.15) is 25.7 Å². The Bertz CT molecular complexity index is 1130. The summed E-state index contributed by atoms with van der Waals surface area (Å²) < 4.78 is 20.2. The van der Waals surface area contributed by atoms with Crippen LogP contribution in [0.15, 0.2) is 36.7 Å².